The highest BCUT2D eigenvalue weighted by Crippen LogP contribution is 2.08. The summed E-state index contributed by atoms with van der Waals surface area (Å²) in [6.45, 7) is 4.93. The third kappa shape index (κ3) is 3.59. The van der Waals surface area contributed by atoms with E-state index in [0.717, 1.165) is 13.0 Å². The van der Waals surface area contributed by atoms with Crippen LogP contribution in [0.1, 0.15) is 31.9 Å². The van der Waals surface area contributed by atoms with Crippen molar-refractivity contribution < 1.29 is 0 Å². The van der Waals surface area contributed by atoms with E-state index in [2.05, 4.69) is 35.1 Å². The molecule has 1 unspecified atom stereocenters. The molecule has 1 rings (SSSR count). The zero-order chi connectivity index (χ0) is 10.2. The molecule has 0 radical (unpaired) electrons. The van der Waals surface area contributed by atoms with E-state index < -0.39 is 0 Å². The Labute approximate surface area is 85.8 Å². The van der Waals surface area contributed by atoms with Crippen LogP contribution in [0.2, 0.25) is 0 Å². The molecule has 1 N–H and O–H groups in total. The highest BCUT2D eigenvalue weighted by atomic mass is 14.9. The van der Waals surface area contributed by atoms with Crippen molar-refractivity contribution in [2.45, 2.75) is 26.3 Å². The van der Waals surface area contributed by atoms with Gasteiger partial charge in [0.2, 0.25) is 0 Å². The molecule has 2 nitrogen and oxygen atoms in total. The molecule has 0 aromatic carbocycles. The lowest BCUT2D eigenvalue weighted by molar-refractivity contribution is 0.582. The van der Waals surface area contributed by atoms with Crippen LogP contribution in [0, 0.1) is 11.8 Å². The summed E-state index contributed by atoms with van der Waals surface area (Å²) in [6.07, 6.45) is 4.59. The topological polar surface area (TPSA) is 24.9 Å². The third-order valence-corrected chi connectivity index (χ3v) is 2.06. The lowest BCUT2D eigenvalue weighted by Gasteiger charge is -2.12. The quantitative estimate of drug-likeness (QED) is 0.578. The number of rotatable bonds is 4. The number of hydrogen-bond donors (Lipinski definition) is 1. The molecule has 1 aromatic rings. The Morgan fingerprint density at radius 2 is 2.43 bits per heavy atom. The van der Waals surface area contributed by atoms with Crippen molar-refractivity contribution in [2.75, 3.05) is 6.54 Å². The van der Waals surface area contributed by atoms with Gasteiger partial charge in [0.15, 0.2) is 0 Å². The molecular formula is C12H16N2. The number of aromatic nitrogens is 1. The highest BCUT2D eigenvalue weighted by molar-refractivity contribution is 5.12. The monoisotopic (exact) mass is 188 g/mol. The van der Waals surface area contributed by atoms with E-state index in [1.165, 1.54) is 5.56 Å². The maximum atomic E-state index is 4.08. The van der Waals surface area contributed by atoms with Gasteiger partial charge in [0.25, 0.3) is 0 Å². The Morgan fingerprint density at radius 3 is 3.07 bits per heavy atom. The lowest BCUT2D eigenvalue weighted by Crippen LogP contribution is -2.19. The van der Waals surface area contributed by atoms with Crippen LogP contribution in [0.5, 0.6) is 0 Å². The summed E-state index contributed by atoms with van der Waals surface area (Å²) in [7, 11) is 0. The predicted molar refractivity (Wildman–Crippen MR) is 58.7 cm³/mol. The summed E-state index contributed by atoms with van der Waals surface area (Å²) in [4.78, 5) is 4.08. The van der Waals surface area contributed by atoms with E-state index in [4.69, 9.17) is 0 Å². The third-order valence-electron chi connectivity index (χ3n) is 2.06. The first-order valence-electron chi connectivity index (χ1n) is 4.87. The summed E-state index contributed by atoms with van der Waals surface area (Å²) in [5, 5.41) is 3.39. The van der Waals surface area contributed by atoms with Gasteiger partial charge in [0, 0.05) is 31.4 Å². The Morgan fingerprint density at radius 1 is 1.57 bits per heavy atom. The van der Waals surface area contributed by atoms with Crippen molar-refractivity contribution in [3.8, 4) is 11.8 Å². The summed E-state index contributed by atoms with van der Waals surface area (Å²) in [5.41, 5.74) is 1.22. The fourth-order valence-electron chi connectivity index (χ4n) is 1.23. The summed E-state index contributed by atoms with van der Waals surface area (Å²) in [5.74, 6) is 5.91. The predicted octanol–water partition coefficient (Wildman–Crippen LogP) is 2.15. The van der Waals surface area contributed by atoms with E-state index in [1.807, 2.05) is 19.2 Å². The number of nitrogens with zero attached hydrogens (tertiary/aromatic N) is 1. The smallest absolute Gasteiger partial charge is 0.0315 e. The second-order valence-corrected chi connectivity index (χ2v) is 3.14. The van der Waals surface area contributed by atoms with Crippen molar-refractivity contribution in [1.29, 1.82) is 0 Å². The van der Waals surface area contributed by atoms with Gasteiger partial charge in [-0.05, 0) is 25.5 Å². The minimum Gasteiger partial charge on any atom is -0.309 e. The molecule has 2 heteroatoms. The van der Waals surface area contributed by atoms with Crippen molar-refractivity contribution in [1.82, 2.24) is 10.3 Å². The van der Waals surface area contributed by atoms with Crippen molar-refractivity contribution in [3.05, 3.63) is 30.1 Å². The first-order chi connectivity index (χ1) is 6.84. The maximum absolute atomic E-state index is 4.08. The van der Waals surface area contributed by atoms with E-state index in [9.17, 15) is 0 Å². The standard InChI is InChI=1S/C12H16N2/c1-3-4-5-9-14-11(2)12-7-6-8-13-10-12/h6-8,10-11,14H,5,9H2,1-2H3. The zero-order valence-corrected chi connectivity index (χ0v) is 8.75. The molecule has 1 atom stereocenters. The average molecular weight is 188 g/mol. The minimum atomic E-state index is 0.349. The van der Waals surface area contributed by atoms with E-state index in [-0.39, 0.29) is 0 Å². The van der Waals surface area contributed by atoms with Gasteiger partial charge in [-0.25, -0.2) is 0 Å². The zero-order valence-electron chi connectivity index (χ0n) is 8.75. The maximum Gasteiger partial charge on any atom is 0.0315 e. The highest BCUT2D eigenvalue weighted by Gasteiger charge is 2.02. The van der Waals surface area contributed by atoms with Crippen molar-refractivity contribution >= 4 is 0 Å². The van der Waals surface area contributed by atoms with Crippen LogP contribution in [0.3, 0.4) is 0 Å². The van der Waals surface area contributed by atoms with Crippen molar-refractivity contribution in [2.24, 2.45) is 0 Å². The number of pyridine rings is 1. The Balaban J connectivity index is 2.34. The van der Waals surface area contributed by atoms with Gasteiger partial charge in [-0.3, -0.25) is 4.98 Å². The van der Waals surface area contributed by atoms with Gasteiger partial charge < -0.3 is 5.32 Å². The molecule has 0 amide bonds. The lowest BCUT2D eigenvalue weighted by atomic mass is 10.1. The SMILES string of the molecule is CC#CCCNC(C)c1cccnc1. The molecule has 0 aliphatic rings. The molecule has 0 bridgehead atoms. The van der Waals surface area contributed by atoms with Crippen LogP contribution in [0.25, 0.3) is 0 Å². The van der Waals surface area contributed by atoms with Crippen LogP contribution < -0.4 is 5.32 Å². The van der Waals surface area contributed by atoms with Crippen LogP contribution in [0.15, 0.2) is 24.5 Å². The Bertz CT molecular complexity index is 308. The fourth-order valence-corrected chi connectivity index (χ4v) is 1.23. The molecule has 0 fully saturated rings. The summed E-state index contributed by atoms with van der Waals surface area (Å²) < 4.78 is 0. The number of hydrogen-bond acceptors (Lipinski definition) is 2. The van der Waals surface area contributed by atoms with Crippen LogP contribution in [0.4, 0.5) is 0 Å². The van der Waals surface area contributed by atoms with Gasteiger partial charge >= 0.3 is 0 Å². The molecule has 1 heterocycles. The first-order valence-corrected chi connectivity index (χ1v) is 4.87. The van der Waals surface area contributed by atoms with Gasteiger partial charge in [-0.1, -0.05) is 6.07 Å². The molecule has 0 aliphatic heterocycles. The molecule has 0 saturated heterocycles. The molecular weight excluding hydrogens is 172 g/mol. The number of nitrogens with one attached hydrogen (secondary N) is 1. The average Bonchev–Trinajstić information content (AvgIpc) is 2.25. The summed E-state index contributed by atoms with van der Waals surface area (Å²) in [6, 6.07) is 4.39. The van der Waals surface area contributed by atoms with Gasteiger partial charge in [-0.2, -0.15) is 0 Å². The molecule has 14 heavy (non-hydrogen) atoms. The molecule has 74 valence electrons. The van der Waals surface area contributed by atoms with Crippen LogP contribution >= 0.6 is 0 Å². The molecule has 1 aromatic heterocycles. The van der Waals surface area contributed by atoms with Crippen LogP contribution in [-0.4, -0.2) is 11.5 Å². The first kappa shape index (κ1) is 10.7. The van der Waals surface area contributed by atoms with Crippen molar-refractivity contribution in [3.63, 3.8) is 0 Å². The largest absolute Gasteiger partial charge is 0.309 e. The van der Waals surface area contributed by atoms with Gasteiger partial charge in [0.1, 0.15) is 0 Å². The second-order valence-electron chi connectivity index (χ2n) is 3.14. The van der Waals surface area contributed by atoms with Gasteiger partial charge in [-0.15, -0.1) is 11.8 Å². The van der Waals surface area contributed by atoms with E-state index in [1.54, 1.807) is 6.20 Å². The fraction of sp³-hybridized carbons (Fsp3) is 0.417. The summed E-state index contributed by atoms with van der Waals surface area (Å²) >= 11 is 0. The molecule has 0 saturated carbocycles. The molecule has 0 spiro atoms. The van der Waals surface area contributed by atoms with E-state index in [0.29, 0.717) is 6.04 Å². The Hall–Kier alpha value is -1.33. The normalized spacial score (nSPS) is 11.6. The van der Waals surface area contributed by atoms with Gasteiger partial charge in [0.05, 0.1) is 0 Å². The van der Waals surface area contributed by atoms with Crippen LogP contribution in [-0.2, 0) is 0 Å². The minimum absolute atomic E-state index is 0.349. The van der Waals surface area contributed by atoms with E-state index >= 15 is 0 Å². The second kappa shape index (κ2) is 6.17. The Kier molecular flexibility index (Phi) is 4.74. The molecule has 0 aliphatic carbocycles.